The molecule has 0 aromatic heterocycles. The van der Waals surface area contributed by atoms with E-state index in [2.05, 4.69) is 5.32 Å². The van der Waals surface area contributed by atoms with Gasteiger partial charge in [0.25, 0.3) is 11.8 Å². The van der Waals surface area contributed by atoms with E-state index < -0.39 is 47.3 Å². The molecule has 0 aliphatic carbocycles. The van der Waals surface area contributed by atoms with Crippen molar-refractivity contribution in [1.82, 2.24) is 10.2 Å². The summed E-state index contributed by atoms with van der Waals surface area (Å²) < 4.78 is 10.9. The lowest BCUT2D eigenvalue weighted by Crippen LogP contribution is -2.54. The normalized spacial score (nSPS) is 20.3. The van der Waals surface area contributed by atoms with Crippen LogP contribution in [0.4, 0.5) is 0 Å². The first-order valence-corrected chi connectivity index (χ1v) is 9.23. The van der Waals surface area contributed by atoms with Crippen molar-refractivity contribution in [3.8, 4) is 5.75 Å². The Labute approximate surface area is 167 Å². The van der Waals surface area contributed by atoms with Crippen molar-refractivity contribution >= 4 is 29.6 Å². The molecule has 29 heavy (non-hydrogen) atoms. The highest BCUT2D eigenvalue weighted by atomic mass is 16.6. The molecule has 2 heterocycles. The number of carbonyl (C=O) groups is 5. The first kappa shape index (κ1) is 20.5. The molecule has 0 saturated carbocycles. The Kier molecular flexibility index (Phi) is 5.16. The average molecular weight is 402 g/mol. The van der Waals surface area contributed by atoms with Crippen LogP contribution in [-0.4, -0.2) is 52.2 Å². The fourth-order valence-electron chi connectivity index (χ4n) is 3.21. The van der Waals surface area contributed by atoms with Gasteiger partial charge in [-0.2, -0.15) is 0 Å². The third kappa shape index (κ3) is 3.98. The molecule has 0 spiro atoms. The van der Waals surface area contributed by atoms with Gasteiger partial charge in [-0.15, -0.1) is 0 Å². The number of fused-ring (bicyclic) bond motifs is 1. The second-order valence-electron chi connectivity index (χ2n) is 7.92. The van der Waals surface area contributed by atoms with Crippen LogP contribution in [0.2, 0.25) is 0 Å². The number of piperidine rings is 1. The lowest BCUT2D eigenvalue weighted by molar-refractivity contribution is -0.162. The summed E-state index contributed by atoms with van der Waals surface area (Å²) in [5, 5.41) is 2.14. The van der Waals surface area contributed by atoms with E-state index in [9.17, 15) is 24.0 Å². The molecule has 3 rings (SSSR count). The topological polar surface area (TPSA) is 119 Å². The smallest absolute Gasteiger partial charge is 0.347 e. The van der Waals surface area contributed by atoms with Gasteiger partial charge in [-0.1, -0.05) is 6.07 Å². The molecule has 9 nitrogen and oxygen atoms in total. The minimum atomic E-state index is -1.07. The van der Waals surface area contributed by atoms with Crippen molar-refractivity contribution in [2.45, 2.75) is 58.3 Å². The molecule has 9 heteroatoms. The average Bonchev–Trinajstić information content (AvgIpc) is 2.86. The predicted molar refractivity (Wildman–Crippen MR) is 99.0 cm³/mol. The molecule has 154 valence electrons. The number of nitrogens with one attached hydrogen (secondary N) is 1. The van der Waals surface area contributed by atoms with E-state index in [4.69, 9.17) is 9.47 Å². The van der Waals surface area contributed by atoms with Crippen LogP contribution in [0.25, 0.3) is 0 Å². The van der Waals surface area contributed by atoms with Crippen LogP contribution in [-0.2, 0) is 19.1 Å². The third-order valence-corrected chi connectivity index (χ3v) is 4.47. The molecule has 0 unspecified atom stereocenters. The molecule has 1 N–H and O–H groups in total. The highest BCUT2D eigenvalue weighted by Crippen LogP contribution is 2.34. The van der Waals surface area contributed by atoms with Crippen molar-refractivity contribution < 1.29 is 33.4 Å². The van der Waals surface area contributed by atoms with E-state index in [0.29, 0.717) is 0 Å². The number of ether oxygens (including phenoxy) is 2. The summed E-state index contributed by atoms with van der Waals surface area (Å²) in [5.74, 6) is -3.05. The second kappa shape index (κ2) is 7.31. The van der Waals surface area contributed by atoms with Gasteiger partial charge >= 0.3 is 5.97 Å². The molecule has 2 aliphatic rings. The van der Waals surface area contributed by atoms with E-state index >= 15 is 0 Å². The number of benzene rings is 1. The van der Waals surface area contributed by atoms with E-state index in [1.807, 2.05) is 0 Å². The Morgan fingerprint density at radius 2 is 1.86 bits per heavy atom. The maximum absolute atomic E-state index is 13.0. The Morgan fingerprint density at radius 3 is 2.48 bits per heavy atom. The van der Waals surface area contributed by atoms with Crippen molar-refractivity contribution in [3.63, 3.8) is 0 Å². The van der Waals surface area contributed by atoms with Gasteiger partial charge in [0.05, 0.1) is 11.1 Å². The summed E-state index contributed by atoms with van der Waals surface area (Å²) >= 11 is 0. The van der Waals surface area contributed by atoms with Crippen LogP contribution < -0.4 is 10.1 Å². The second-order valence-corrected chi connectivity index (χ2v) is 7.92. The first-order chi connectivity index (χ1) is 13.5. The van der Waals surface area contributed by atoms with Gasteiger partial charge in [0.1, 0.15) is 17.4 Å². The Balaban J connectivity index is 1.86. The minimum Gasteiger partial charge on any atom is -0.478 e. The van der Waals surface area contributed by atoms with Crippen molar-refractivity contribution in [3.05, 3.63) is 29.3 Å². The quantitative estimate of drug-likeness (QED) is 0.594. The van der Waals surface area contributed by atoms with Gasteiger partial charge in [0, 0.05) is 6.42 Å². The summed E-state index contributed by atoms with van der Waals surface area (Å²) in [5.41, 5.74) is -0.645. The van der Waals surface area contributed by atoms with Crippen LogP contribution in [0.5, 0.6) is 5.75 Å². The first-order valence-electron chi connectivity index (χ1n) is 9.23. The fourth-order valence-corrected chi connectivity index (χ4v) is 3.21. The lowest BCUT2D eigenvalue weighted by atomic mass is 10.0. The van der Waals surface area contributed by atoms with E-state index in [1.165, 1.54) is 25.1 Å². The van der Waals surface area contributed by atoms with E-state index in [0.717, 1.165) is 4.90 Å². The van der Waals surface area contributed by atoms with Gasteiger partial charge in [-0.25, -0.2) is 4.79 Å². The Hall–Kier alpha value is -3.23. The maximum atomic E-state index is 13.0. The Bertz CT molecular complexity index is 916. The minimum absolute atomic E-state index is 0.0161. The molecule has 0 radical (unpaired) electrons. The van der Waals surface area contributed by atoms with Gasteiger partial charge < -0.3 is 9.47 Å². The number of carbonyl (C=O) groups excluding carboxylic acids is 5. The van der Waals surface area contributed by atoms with Gasteiger partial charge in [0.15, 0.2) is 6.10 Å². The van der Waals surface area contributed by atoms with Crippen molar-refractivity contribution in [2.75, 3.05) is 0 Å². The number of hydrogen-bond acceptors (Lipinski definition) is 7. The summed E-state index contributed by atoms with van der Waals surface area (Å²) in [7, 11) is 0. The zero-order valence-electron chi connectivity index (χ0n) is 16.6. The third-order valence-electron chi connectivity index (χ3n) is 4.47. The molecule has 2 atom stereocenters. The predicted octanol–water partition coefficient (Wildman–Crippen LogP) is 1.20. The molecule has 4 amide bonds. The Morgan fingerprint density at radius 1 is 1.17 bits per heavy atom. The molecular formula is C20H22N2O7. The van der Waals surface area contributed by atoms with Crippen molar-refractivity contribution in [1.29, 1.82) is 0 Å². The summed E-state index contributed by atoms with van der Waals surface area (Å²) in [4.78, 5) is 62.3. The van der Waals surface area contributed by atoms with Crippen molar-refractivity contribution in [2.24, 2.45) is 0 Å². The number of esters is 1. The zero-order valence-corrected chi connectivity index (χ0v) is 16.6. The highest BCUT2D eigenvalue weighted by molar-refractivity contribution is 6.24. The molecule has 2 aliphatic heterocycles. The lowest BCUT2D eigenvalue weighted by Gasteiger charge is -2.27. The largest absolute Gasteiger partial charge is 0.478 e. The number of rotatable bonds is 4. The molecule has 1 aromatic carbocycles. The van der Waals surface area contributed by atoms with Gasteiger partial charge in [-0.05, 0) is 46.2 Å². The standard InChI is InChI=1S/C20H22N2O7/c1-10(19(27)29-20(2,3)4)28-13-7-5-6-11-15(13)18(26)22(17(11)25)12-8-9-14(23)21-16(12)24/h5-7,10,12H,8-9H2,1-4H3,(H,21,23,24)/t10-,12+/m0/s1. The van der Waals surface area contributed by atoms with E-state index in [-0.39, 0.29) is 29.7 Å². The highest BCUT2D eigenvalue weighted by Gasteiger charge is 2.46. The van der Waals surface area contributed by atoms with Crippen LogP contribution in [0.3, 0.4) is 0 Å². The number of hydrogen-bond donors (Lipinski definition) is 1. The van der Waals surface area contributed by atoms with Crippen LogP contribution in [0.1, 0.15) is 61.3 Å². The van der Waals surface area contributed by atoms with E-state index in [1.54, 1.807) is 20.8 Å². The molecule has 1 fully saturated rings. The van der Waals surface area contributed by atoms with Gasteiger partial charge in [-0.3, -0.25) is 29.4 Å². The maximum Gasteiger partial charge on any atom is 0.347 e. The molecule has 0 bridgehead atoms. The monoisotopic (exact) mass is 402 g/mol. The molecule has 1 aromatic rings. The van der Waals surface area contributed by atoms with Crippen LogP contribution >= 0.6 is 0 Å². The zero-order chi connectivity index (χ0) is 21.5. The summed E-state index contributed by atoms with van der Waals surface area (Å²) in [6.07, 6.45) is -0.933. The SMILES string of the molecule is C[C@H](Oc1cccc2c1C(=O)N([C@@H]1CCC(=O)NC1=O)C2=O)C(=O)OC(C)(C)C. The van der Waals surface area contributed by atoms with Crippen LogP contribution in [0, 0.1) is 0 Å². The summed E-state index contributed by atoms with van der Waals surface area (Å²) in [6, 6.07) is 3.37. The number of imide groups is 2. The number of nitrogens with zero attached hydrogens (tertiary/aromatic N) is 1. The van der Waals surface area contributed by atoms with Gasteiger partial charge in [0.2, 0.25) is 11.8 Å². The molecule has 1 saturated heterocycles. The molecular weight excluding hydrogens is 380 g/mol. The fraction of sp³-hybridized carbons (Fsp3) is 0.450. The van der Waals surface area contributed by atoms with Crippen LogP contribution in [0.15, 0.2) is 18.2 Å². The summed E-state index contributed by atoms with van der Waals surface area (Å²) in [6.45, 7) is 6.64. The number of amides is 4.